The molecule has 2 aromatic carbocycles. The molecule has 0 bridgehead atoms. The van der Waals surface area contributed by atoms with Crippen molar-refractivity contribution in [2.45, 2.75) is 36.7 Å². The fourth-order valence-electron chi connectivity index (χ4n) is 3.62. The summed E-state index contributed by atoms with van der Waals surface area (Å²) in [5, 5.41) is 2.34. The lowest BCUT2D eigenvalue weighted by molar-refractivity contribution is -0.136. The molecule has 138 valence electrons. The summed E-state index contributed by atoms with van der Waals surface area (Å²) in [5.41, 5.74) is 2.95. The molecule has 1 atom stereocenters. The van der Waals surface area contributed by atoms with E-state index in [4.69, 9.17) is 0 Å². The Kier molecular flexibility index (Phi) is 4.99. The zero-order valence-electron chi connectivity index (χ0n) is 14.8. The van der Waals surface area contributed by atoms with Gasteiger partial charge in [-0.15, -0.1) is 11.8 Å². The van der Waals surface area contributed by atoms with Gasteiger partial charge in [-0.05, 0) is 36.1 Å². The molecule has 2 heterocycles. The lowest BCUT2D eigenvalue weighted by atomic mass is 10.0. The molecule has 0 aliphatic carbocycles. The van der Waals surface area contributed by atoms with Crippen LogP contribution in [0.15, 0.2) is 53.4 Å². The average Bonchev–Trinajstić information content (AvgIpc) is 3.00. The summed E-state index contributed by atoms with van der Waals surface area (Å²) in [6.07, 6.45) is 1.62. The quantitative estimate of drug-likeness (QED) is 0.640. The highest BCUT2D eigenvalue weighted by Gasteiger charge is 2.39. The smallest absolute Gasteiger partial charge is 0.255 e. The topological polar surface area (TPSA) is 66.5 Å². The number of thioether (sulfide) groups is 1. The number of imide groups is 1. The highest BCUT2D eigenvalue weighted by atomic mass is 32.2. The maximum atomic E-state index is 12.8. The van der Waals surface area contributed by atoms with Gasteiger partial charge in [0.25, 0.3) is 5.91 Å². The summed E-state index contributed by atoms with van der Waals surface area (Å²) < 4.78 is 0. The number of amides is 3. The van der Waals surface area contributed by atoms with Gasteiger partial charge < -0.3 is 4.90 Å². The number of nitrogens with one attached hydrogen (secondary N) is 1. The molecule has 5 nitrogen and oxygen atoms in total. The van der Waals surface area contributed by atoms with Gasteiger partial charge in [0.15, 0.2) is 0 Å². The number of piperidine rings is 1. The van der Waals surface area contributed by atoms with E-state index >= 15 is 0 Å². The molecule has 3 amide bonds. The third-order valence-electron chi connectivity index (χ3n) is 5.03. The Morgan fingerprint density at radius 1 is 1.04 bits per heavy atom. The summed E-state index contributed by atoms with van der Waals surface area (Å²) in [6.45, 7) is 0.426. The maximum absolute atomic E-state index is 12.8. The van der Waals surface area contributed by atoms with Crippen molar-refractivity contribution in [3.63, 3.8) is 0 Å². The van der Waals surface area contributed by atoms with E-state index in [1.165, 1.54) is 5.56 Å². The van der Waals surface area contributed by atoms with Gasteiger partial charge in [-0.2, -0.15) is 0 Å². The lowest BCUT2D eigenvalue weighted by Crippen LogP contribution is -2.52. The lowest BCUT2D eigenvalue weighted by Gasteiger charge is -2.29. The van der Waals surface area contributed by atoms with Crippen molar-refractivity contribution < 1.29 is 14.4 Å². The van der Waals surface area contributed by atoms with Crippen LogP contribution in [0.25, 0.3) is 0 Å². The number of nitrogens with zero attached hydrogens (tertiary/aromatic N) is 1. The van der Waals surface area contributed by atoms with E-state index in [1.54, 1.807) is 16.7 Å². The SMILES string of the molecule is O=C1CCC(N2Cc3c(SCCc4ccccc4)cccc3C2=O)C(=O)N1. The van der Waals surface area contributed by atoms with Crippen molar-refractivity contribution in [1.82, 2.24) is 10.2 Å². The number of carbonyl (C=O) groups is 3. The van der Waals surface area contributed by atoms with Gasteiger partial charge in [-0.3, -0.25) is 19.7 Å². The zero-order valence-corrected chi connectivity index (χ0v) is 15.6. The van der Waals surface area contributed by atoms with E-state index in [2.05, 4.69) is 17.4 Å². The number of benzene rings is 2. The number of fused-ring (bicyclic) bond motifs is 1. The molecule has 2 aromatic rings. The normalized spacial score (nSPS) is 19.2. The van der Waals surface area contributed by atoms with E-state index in [0.29, 0.717) is 18.5 Å². The monoisotopic (exact) mass is 380 g/mol. The van der Waals surface area contributed by atoms with Crippen LogP contribution in [-0.2, 0) is 22.6 Å². The third-order valence-corrected chi connectivity index (χ3v) is 6.13. The van der Waals surface area contributed by atoms with Gasteiger partial charge in [0.1, 0.15) is 6.04 Å². The minimum Gasteiger partial charge on any atom is -0.322 e. The Labute approximate surface area is 162 Å². The molecule has 1 unspecified atom stereocenters. The average molecular weight is 380 g/mol. The predicted molar refractivity (Wildman–Crippen MR) is 103 cm³/mol. The van der Waals surface area contributed by atoms with E-state index in [-0.39, 0.29) is 24.1 Å². The third kappa shape index (κ3) is 3.62. The molecule has 0 aromatic heterocycles. The molecule has 2 aliphatic heterocycles. The molecule has 0 spiro atoms. The fourth-order valence-corrected chi connectivity index (χ4v) is 4.70. The van der Waals surface area contributed by atoms with E-state index in [9.17, 15) is 14.4 Å². The number of carbonyl (C=O) groups excluding carboxylic acids is 3. The van der Waals surface area contributed by atoms with Crippen LogP contribution in [-0.4, -0.2) is 34.4 Å². The van der Waals surface area contributed by atoms with Gasteiger partial charge in [0.05, 0.1) is 0 Å². The van der Waals surface area contributed by atoms with Crippen molar-refractivity contribution in [3.8, 4) is 0 Å². The highest BCUT2D eigenvalue weighted by molar-refractivity contribution is 7.99. The molecule has 1 fully saturated rings. The largest absolute Gasteiger partial charge is 0.322 e. The zero-order chi connectivity index (χ0) is 18.8. The molecular weight excluding hydrogens is 360 g/mol. The van der Waals surface area contributed by atoms with Crippen LogP contribution in [0.3, 0.4) is 0 Å². The summed E-state index contributed by atoms with van der Waals surface area (Å²) in [4.78, 5) is 39.1. The van der Waals surface area contributed by atoms with Crippen LogP contribution in [0.2, 0.25) is 0 Å². The molecule has 0 saturated carbocycles. The van der Waals surface area contributed by atoms with Gasteiger partial charge in [0.2, 0.25) is 11.8 Å². The number of aryl methyl sites for hydroxylation is 1. The summed E-state index contributed by atoms with van der Waals surface area (Å²) >= 11 is 1.74. The molecule has 1 saturated heterocycles. The van der Waals surface area contributed by atoms with E-state index in [1.807, 2.05) is 36.4 Å². The highest BCUT2D eigenvalue weighted by Crippen LogP contribution is 2.34. The van der Waals surface area contributed by atoms with Crippen LogP contribution < -0.4 is 5.32 Å². The Bertz CT molecular complexity index is 898. The van der Waals surface area contributed by atoms with Crippen molar-refractivity contribution in [2.75, 3.05) is 5.75 Å². The van der Waals surface area contributed by atoms with Crippen molar-refractivity contribution in [2.24, 2.45) is 0 Å². The van der Waals surface area contributed by atoms with Crippen LogP contribution in [0.1, 0.15) is 34.3 Å². The first-order valence-electron chi connectivity index (χ1n) is 9.07. The van der Waals surface area contributed by atoms with Gasteiger partial charge >= 0.3 is 0 Å². The second-order valence-corrected chi connectivity index (χ2v) is 7.90. The summed E-state index contributed by atoms with van der Waals surface area (Å²) in [5.74, 6) is 0.167. The van der Waals surface area contributed by atoms with Crippen molar-refractivity contribution in [1.29, 1.82) is 0 Å². The van der Waals surface area contributed by atoms with Gasteiger partial charge in [-0.25, -0.2) is 0 Å². The molecule has 0 radical (unpaired) electrons. The molecule has 6 heteroatoms. The minimum absolute atomic E-state index is 0.120. The van der Waals surface area contributed by atoms with Gasteiger partial charge in [-0.1, -0.05) is 36.4 Å². The van der Waals surface area contributed by atoms with E-state index in [0.717, 1.165) is 22.6 Å². The number of hydrogen-bond acceptors (Lipinski definition) is 4. The molecule has 1 N–H and O–H groups in total. The van der Waals surface area contributed by atoms with Crippen LogP contribution in [0.4, 0.5) is 0 Å². The van der Waals surface area contributed by atoms with Crippen molar-refractivity contribution in [3.05, 3.63) is 65.2 Å². The van der Waals surface area contributed by atoms with E-state index < -0.39 is 6.04 Å². The fraction of sp³-hybridized carbons (Fsp3) is 0.286. The van der Waals surface area contributed by atoms with Gasteiger partial charge in [0, 0.05) is 29.2 Å². The first-order chi connectivity index (χ1) is 13.1. The second kappa shape index (κ2) is 7.56. The van der Waals surface area contributed by atoms with Crippen LogP contribution in [0.5, 0.6) is 0 Å². The Morgan fingerprint density at radius 2 is 1.85 bits per heavy atom. The first kappa shape index (κ1) is 17.8. The second-order valence-electron chi connectivity index (χ2n) is 6.77. The Balaban J connectivity index is 1.47. The number of rotatable bonds is 5. The molecule has 27 heavy (non-hydrogen) atoms. The molecular formula is C21H20N2O3S. The predicted octanol–water partition coefficient (Wildman–Crippen LogP) is 2.78. The Hall–Kier alpha value is -2.60. The van der Waals surface area contributed by atoms with Crippen LogP contribution in [0, 0.1) is 0 Å². The minimum atomic E-state index is -0.565. The summed E-state index contributed by atoms with van der Waals surface area (Å²) in [7, 11) is 0. The standard InChI is InChI=1S/C21H20N2O3S/c24-19-10-9-17(20(25)22-19)23-13-16-15(21(23)26)7-4-8-18(16)27-12-11-14-5-2-1-3-6-14/h1-8,17H,9-13H2,(H,22,24,25). The molecule has 2 aliphatic rings. The Morgan fingerprint density at radius 3 is 2.63 bits per heavy atom. The van der Waals surface area contributed by atoms with Crippen LogP contribution >= 0.6 is 11.8 Å². The molecule has 4 rings (SSSR count). The van der Waals surface area contributed by atoms with Crippen molar-refractivity contribution >= 4 is 29.5 Å². The first-order valence-corrected chi connectivity index (χ1v) is 10.1. The summed E-state index contributed by atoms with van der Waals surface area (Å²) in [6, 6.07) is 15.5. The maximum Gasteiger partial charge on any atom is 0.255 e. The number of hydrogen-bond donors (Lipinski definition) is 1.